The van der Waals surface area contributed by atoms with Crippen molar-refractivity contribution in [1.82, 2.24) is 9.21 Å². The van der Waals surface area contributed by atoms with Crippen LogP contribution in [0, 0.1) is 20.8 Å². The Hall–Kier alpha value is -2.58. The summed E-state index contributed by atoms with van der Waals surface area (Å²) in [6.45, 7) is 8.41. The van der Waals surface area contributed by atoms with Crippen LogP contribution in [0.1, 0.15) is 16.7 Å². The third-order valence-electron chi connectivity index (χ3n) is 5.98. The number of carbonyl (C=O) groups excluding carboxylic acids is 1. The molecule has 1 fully saturated rings. The minimum absolute atomic E-state index is 0.154. The van der Waals surface area contributed by atoms with Gasteiger partial charge in [-0.2, -0.15) is 4.31 Å². The van der Waals surface area contributed by atoms with Crippen LogP contribution >= 0.6 is 0 Å². The molecule has 0 bridgehead atoms. The lowest BCUT2D eigenvalue weighted by molar-refractivity contribution is -0.131. The van der Waals surface area contributed by atoms with Gasteiger partial charge in [-0.1, -0.05) is 12.1 Å². The fraction of sp³-hybridized carbons (Fsp3) is 0.435. The van der Waals surface area contributed by atoms with Gasteiger partial charge in [-0.25, -0.2) is 8.42 Å². The van der Waals surface area contributed by atoms with Gasteiger partial charge in [-0.05, 0) is 61.7 Å². The summed E-state index contributed by atoms with van der Waals surface area (Å²) in [5.41, 5.74) is 4.42. The number of rotatable bonds is 6. The number of piperazine rings is 1. The molecule has 2 aromatic rings. The van der Waals surface area contributed by atoms with Crippen LogP contribution in [-0.2, 0) is 14.8 Å². The zero-order valence-corrected chi connectivity index (χ0v) is 19.7. The van der Waals surface area contributed by atoms with Crippen LogP contribution < -0.4 is 9.64 Å². The van der Waals surface area contributed by atoms with Crippen molar-refractivity contribution >= 4 is 21.6 Å². The molecule has 0 radical (unpaired) electrons. The van der Waals surface area contributed by atoms with Crippen molar-refractivity contribution in [1.29, 1.82) is 0 Å². The molecule has 1 aliphatic heterocycles. The van der Waals surface area contributed by atoms with Crippen molar-refractivity contribution in [2.24, 2.45) is 0 Å². The van der Waals surface area contributed by atoms with Crippen LogP contribution in [0.15, 0.2) is 41.3 Å². The van der Waals surface area contributed by atoms with E-state index in [0.717, 1.165) is 23.0 Å². The van der Waals surface area contributed by atoms with Crippen molar-refractivity contribution in [2.75, 3.05) is 51.8 Å². The standard InChI is InChI=1S/C23H31N3O4S/c1-17-7-6-8-21(19(17)3)25-11-13-26(14-12-25)23(27)16-24(4)31(28,29)20-9-10-22(30-5)18(2)15-20/h6-10,15H,11-14,16H2,1-5H3. The quantitative estimate of drug-likeness (QED) is 0.684. The first-order valence-corrected chi connectivity index (χ1v) is 11.8. The van der Waals surface area contributed by atoms with Crippen LogP contribution in [0.25, 0.3) is 0 Å². The average molecular weight is 446 g/mol. The number of sulfonamides is 1. The summed E-state index contributed by atoms with van der Waals surface area (Å²) in [5, 5.41) is 0. The molecule has 7 nitrogen and oxygen atoms in total. The van der Waals surface area contributed by atoms with Gasteiger partial charge in [0.05, 0.1) is 18.6 Å². The lowest BCUT2D eigenvalue weighted by atomic mass is 10.1. The number of benzene rings is 2. The van der Waals surface area contributed by atoms with E-state index < -0.39 is 10.0 Å². The minimum atomic E-state index is -3.76. The van der Waals surface area contributed by atoms with E-state index in [4.69, 9.17) is 4.74 Å². The Labute approximate surface area is 185 Å². The Morgan fingerprint density at radius 3 is 2.32 bits per heavy atom. The van der Waals surface area contributed by atoms with E-state index in [0.29, 0.717) is 18.8 Å². The summed E-state index contributed by atoms with van der Waals surface area (Å²) in [5.74, 6) is 0.441. The molecule has 2 aromatic carbocycles. The first-order valence-electron chi connectivity index (χ1n) is 10.3. The second-order valence-electron chi connectivity index (χ2n) is 7.98. The van der Waals surface area contributed by atoms with Crippen molar-refractivity contribution in [2.45, 2.75) is 25.7 Å². The molecule has 0 spiro atoms. The number of carbonyl (C=O) groups is 1. The highest BCUT2D eigenvalue weighted by Crippen LogP contribution is 2.25. The lowest BCUT2D eigenvalue weighted by Crippen LogP contribution is -2.51. The second kappa shape index (κ2) is 9.28. The molecule has 1 amide bonds. The normalized spacial score (nSPS) is 14.8. The largest absolute Gasteiger partial charge is 0.496 e. The summed E-state index contributed by atoms with van der Waals surface area (Å²) in [6, 6.07) is 11.0. The van der Waals surface area contributed by atoms with Gasteiger partial charge in [0.1, 0.15) is 5.75 Å². The number of hydrogen-bond acceptors (Lipinski definition) is 5. The van der Waals surface area contributed by atoms with Gasteiger partial charge >= 0.3 is 0 Å². The fourth-order valence-corrected chi connectivity index (χ4v) is 5.05. The molecule has 1 aliphatic rings. The molecular weight excluding hydrogens is 414 g/mol. The Kier molecular flexibility index (Phi) is 6.91. The Morgan fingerprint density at radius 2 is 1.71 bits per heavy atom. The van der Waals surface area contributed by atoms with Gasteiger partial charge in [-0.15, -0.1) is 0 Å². The van der Waals surface area contributed by atoms with Crippen molar-refractivity contribution in [3.05, 3.63) is 53.1 Å². The predicted molar refractivity (Wildman–Crippen MR) is 122 cm³/mol. The molecule has 0 aliphatic carbocycles. The number of hydrogen-bond donors (Lipinski definition) is 0. The SMILES string of the molecule is COc1ccc(S(=O)(=O)N(C)CC(=O)N2CCN(c3cccc(C)c3C)CC2)cc1C. The zero-order valence-electron chi connectivity index (χ0n) is 18.9. The molecule has 1 heterocycles. The molecule has 31 heavy (non-hydrogen) atoms. The molecule has 1 saturated heterocycles. The smallest absolute Gasteiger partial charge is 0.243 e. The molecule has 8 heteroatoms. The first-order chi connectivity index (χ1) is 14.6. The summed E-state index contributed by atoms with van der Waals surface area (Å²) in [4.78, 5) is 17.0. The topological polar surface area (TPSA) is 70.2 Å². The second-order valence-corrected chi connectivity index (χ2v) is 10.0. The number of likely N-dealkylation sites (N-methyl/N-ethyl adjacent to an activating group) is 1. The number of amides is 1. The van der Waals surface area contributed by atoms with Crippen molar-refractivity contribution in [3.63, 3.8) is 0 Å². The van der Waals surface area contributed by atoms with Crippen LogP contribution in [0.5, 0.6) is 5.75 Å². The Bertz CT molecular complexity index is 1060. The molecule has 0 atom stereocenters. The molecule has 168 valence electrons. The van der Waals surface area contributed by atoms with Gasteiger partial charge in [0.25, 0.3) is 0 Å². The summed E-state index contributed by atoms with van der Waals surface area (Å²) >= 11 is 0. The maximum atomic E-state index is 12.9. The third kappa shape index (κ3) is 4.85. The van der Waals surface area contributed by atoms with E-state index in [1.165, 1.54) is 29.9 Å². The van der Waals surface area contributed by atoms with Gasteiger partial charge < -0.3 is 14.5 Å². The summed E-state index contributed by atoms with van der Waals surface area (Å²) in [7, 11) is -0.778. The van der Waals surface area contributed by atoms with E-state index in [1.54, 1.807) is 31.1 Å². The lowest BCUT2D eigenvalue weighted by Gasteiger charge is -2.37. The Balaban J connectivity index is 1.62. The fourth-order valence-electron chi connectivity index (χ4n) is 3.84. The number of ether oxygens (including phenoxy) is 1. The van der Waals surface area contributed by atoms with E-state index in [2.05, 4.69) is 36.9 Å². The molecule has 0 N–H and O–H groups in total. The predicted octanol–water partition coefficient (Wildman–Crippen LogP) is 2.59. The van der Waals surface area contributed by atoms with Crippen LogP contribution in [0.2, 0.25) is 0 Å². The number of anilines is 1. The van der Waals surface area contributed by atoms with Crippen molar-refractivity contribution < 1.29 is 17.9 Å². The third-order valence-corrected chi connectivity index (χ3v) is 7.78. The zero-order chi connectivity index (χ0) is 22.8. The molecule has 0 saturated carbocycles. The van der Waals surface area contributed by atoms with Gasteiger partial charge in [0, 0.05) is 38.9 Å². The van der Waals surface area contributed by atoms with E-state index in [-0.39, 0.29) is 17.3 Å². The van der Waals surface area contributed by atoms with Crippen LogP contribution in [0.4, 0.5) is 5.69 Å². The Morgan fingerprint density at radius 1 is 1.03 bits per heavy atom. The summed E-state index contributed by atoms with van der Waals surface area (Å²) in [6.07, 6.45) is 0. The highest BCUT2D eigenvalue weighted by atomic mass is 32.2. The van der Waals surface area contributed by atoms with E-state index in [9.17, 15) is 13.2 Å². The van der Waals surface area contributed by atoms with E-state index >= 15 is 0 Å². The maximum Gasteiger partial charge on any atom is 0.243 e. The molecule has 0 unspecified atom stereocenters. The van der Waals surface area contributed by atoms with Gasteiger partial charge in [-0.3, -0.25) is 4.79 Å². The summed E-state index contributed by atoms with van der Waals surface area (Å²) < 4.78 is 32.1. The van der Waals surface area contributed by atoms with Gasteiger partial charge in [0.2, 0.25) is 15.9 Å². The van der Waals surface area contributed by atoms with Crippen LogP contribution in [0.3, 0.4) is 0 Å². The van der Waals surface area contributed by atoms with Crippen LogP contribution in [-0.4, -0.2) is 70.4 Å². The molecular formula is C23H31N3O4S. The van der Waals surface area contributed by atoms with E-state index in [1.807, 2.05) is 0 Å². The number of methoxy groups -OCH3 is 1. The highest BCUT2D eigenvalue weighted by Gasteiger charge is 2.28. The maximum absolute atomic E-state index is 12.9. The number of aryl methyl sites for hydroxylation is 2. The van der Waals surface area contributed by atoms with Gasteiger partial charge in [0.15, 0.2) is 0 Å². The average Bonchev–Trinajstić information content (AvgIpc) is 2.75. The number of nitrogens with zero attached hydrogens (tertiary/aromatic N) is 3. The molecule has 0 aromatic heterocycles. The van der Waals surface area contributed by atoms with Crippen molar-refractivity contribution in [3.8, 4) is 5.75 Å². The first kappa shape index (κ1) is 23.1. The highest BCUT2D eigenvalue weighted by molar-refractivity contribution is 7.89. The monoisotopic (exact) mass is 445 g/mol. The minimum Gasteiger partial charge on any atom is -0.496 e. The molecule has 3 rings (SSSR count).